The summed E-state index contributed by atoms with van der Waals surface area (Å²) in [6, 6.07) is 98.5. The van der Waals surface area contributed by atoms with Crippen LogP contribution < -0.4 is 42.6 Å². The molecule has 18 rings (SSSR count). The standard InChI is InChI=1S/C76H46B2N2/c1-7-19-47(20-8-1)51-33-37-63-67(43-51)79(57-27-15-5-16-28-57)69-45-55(49-23-11-3-12-24-49)39-61-59-35-32-54-42-66-74-60(36-31-53-41-65(77(63)75(61)69)73(59)71(54)72(53)74)62-40-56(50-25-13-4-14-26-50)46-70-76(62)78(66)64-38-34-52(48-21-9-2-10-22-48)44-68(64)80(70)58-29-17-6-18-30-58/h1-46H/i31D,32D. The molecule has 0 aromatic heterocycles. The normalized spacial score (nSPS) is 13.5. The maximum Gasteiger partial charge on any atom is 0.248 e. The lowest BCUT2D eigenvalue weighted by Gasteiger charge is -2.42. The van der Waals surface area contributed by atoms with Gasteiger partial charge in [-0.1, -0.05) is 229 Å². The number of benzene rings is 14. The summed E-state index contributed by atoms with van der Waals surface area (Å²) in [5.74, 6) is 0. The van der Waals surface area contributed by atoms with Crippen LogP contribution in [-0.4, -0.2) is 13.4 Å². The third kappa shape index (κ3) is 6.16. The van der Waals surface area contributed by atoms with Gasteiger partial charge in [-0.05, 0) is 182 Å². The van der Waals surface area contributed by atoms with Crippen molar-refractivity contribution in [2.45, 2.75) is 0 Å². The molecule has 14 aromatic rings. The van der Waals surface area contributed by atoms with E-state index in [9.17, 15) is 2.74 Å². The smallest absolute Gasteiger partial charge is 0.248 e. The van der Waals surface area contributed by atoms with E-state index >= 15 is 0 Å². The lowest BCUT2D eigenvalue weighted by Crippen LogP contribution is -2.60. The molecule has 366 valence electrons. The molecule has 14 aromatic carbocycles. The van der Waals surface area contributed by atoms with Gasteiger partial charge in [0.1, 0.15) is 0 Å². The zero-order chi connectivity index (χ0) is 53.9. The maximum absolute atomic E-state index is 10.5. The van der Waals surface area contributed by atoms with E-state index in [1.165, 1.54) is 54.7 Å². The molecule has 4 aliphatic heterocycles. The third-order valence-electron chi connectivity index (χ3n) is 17.9. The van der Waals surface area contributed by atoms with Crippen molar-refractivity contribution < 1.29 is 2.74 Å². The number of hydrogen-bond acceptors (Lipinski definition) is 2. The fourth-order valence-electron chi connectivity index (χ4n) is 14.6. The van der Waals surface area contributed by atoms with Gasteiger partial charge < -0.3 is 9.80 Å². The van der Waals surface area contributed by atoms with Gasteiger partial charge in [0.05, 0.1) is 2.74 Å². The Morgan fingerprint density at radius 3 is 0.963 bits per heavy atom. The molecular weight excluding hydrogens is 962 g/mol. The van der Waals surface area contributed by atoms with Crippen LogP contribution in [0.1, 0.15) is 2.74 Å². The summed E-state index contributed by atoms with van der Waals surface area (Å²) in [5.41, 5.74) is 27.6. The first-order valence-electron chi connectivity index (χ1n) is 28.9. The van der Waals surface area contributed by atoms with Crippen LogP contribution in [0.3, 0.4) is 0 Å². The molecule has 80 heavy (non-hydrogen) atoms. The average Bonchev–Trinajstić information content (AvgIpc) is 2.23. The van der Waals surface area contributed by atoms with E-state index < -0.39 is 0 Å². The van der Waals surface area contributed by atoms with Crippen LogP contribution >= 0.6 is 0 Å². The molecule has 0 amide bonds. The first kappa shape index (κ1) is 41.9. The Balaban J connectivity index is 0.974. The van der Waals surface area contributed by atoms with Crippen molar-refractivity contribution >= 4 is 113 Å². The number of rotatable bonds is 6. The number of fused-ring (bicyclic) bond motifs is 8. The van der Waals surface area contributed by atoms with E-state index in [-0.39, 0.29) is 13.4 Å². The van der Waals surface area contributed by atoms with Crippen LogP contribution in [0.15, 0.2) is 279 Å². The van der Waals surface area contributed by atoms with Crippen molar-refractivity contribution in [3.8, 4) is 66.8 Å². The van der Waals surface area contributed by atoms with Gasteiger partial charge in [-0.15, -0.1) is 0 Å². The van der Waals surface area contributed by atoms with Gasteiger partial charge in [0.2, 0.25) is 13.4 Å². The molecular formula is C76H46B2N2. The van der Waals surface area contributed by atoms with Gasteiger partial charge in [0.25, 0.3) is 0 Å². The Morgan fingerprint density at radius 1 is 0.250 bits per heavy atom. The van der Waals surface area contributed by atoms with E-state index in [4.69, 9.17) is 0 Å². The Hall–Kier alpha value is -10.2. The number of para-hydroxylation sites is 2. The van der Waals surface area contributed by atoms with Crippen molar-refractivity contribution in [2.75, 3.05) is 9.80 Å². The van der Waals surface area contributed by atoms with Crippen LogP contribution in [0.4, 0.5) is 34.1 Å². The molecule has 0 saturated heterocycles. The Bertz CT molecular complexity index is 4680. The minimum Gasteiger partial charge on any atom is -0.311 e. The largest absolute Gasteiger partial charge is 0.311 e. The molecule has 0 N–H and O–H groups in total. The molecule has 0 aliphatic carbocycles. The molecule has 0 bridgehead atoms. The lowest BCUT2D eigenvalue weighted by molar-refractivity contribution is 1.29. The molecule has 4 heteroatoms. The molecule has 4 aliphatic rings. The topological polar surface area (TPSA) is 6.48 Å². The van der Waals surface area contributed by atoms with E-state index in [0.717, 1.165) is 111 Å². The SMILES string of the molecule is [2H]c1cc2c3c(cc4c([2H])cc5c6c(cc1c3c46)B1c3ccc(-c4ccccc4)cc3N(c3ccccc3)c3cc(-c4ccccc4)cc-5c31)B1c3ccc(-c4ccccc4)cc3N(c3ccccc3)c3cc(-c4ccccc4)cc-2c31. The molecule has 0 fully saturated rings. The predicted octanol–water partition coefficient (Wildman–Crippen LogP) is 15.8. The summed E-state index contributed by atoms with van der Waals surface area (Å²) in [5, 5.41) is 6.37. The first-order valence-corrected chi connectivity index (χ1v) is 27.9. The summed E-state index contributed by atoms with van der Waals surface area (Å²) < 4.78 is 20.9. The van der Waals surface area contributed by atoms with Crippen LogP contribution in [-0.2, 0) is 0 Å². The van der Waals surface area contributed by atoms with Gasteiger partial charge in [-0.25, -0.2) is 0 Å². The molecule has 0 atom stereocenters. The molecule has 0 unspecified atom stereocenters. The highest BCUT2D eigenvalue weighted by atomic mass is 15.2. The number of hydrogen-bond donors (Lipinski definition) is 0. The zero-order valence-electron chi connectivity index (χ0n) is 45.5. The average molecular weight is 1010 g/mol. The number of nitrogens with zero attached hydrogens (tertiary/aromatic N) is 2. The second-order valence-corrected chi connectivity index (χ2v) is 22.1. The van der Waals surface area contributed by atoms with Crippen molar-refractivity contribution in [1.29, 1.82) is 0 Å². The van der Waals surface area contributed by atoms with Crippen molar-refractivity contribution in [3.05, 3.63) is 279 Å². The fraction of sp³-hybridized carbons (Fsp3) is 0. The maximum atomic E-state index is 10.5. The second-order valence-electron chi connectivity index (χ2n) is 22.1. The molecule has 2 nitrogen and oxygen atoms in total. The lowest BCUT2D eigenvalue weighted by atomic mass is 9.31. The van der Waals surface area contributed by atoms with E-state index in [1.54, 1.807) is 0 Å². The highest BCUT2D eigenvalue weighted by molar-refractivity contribution is 7.02. The molecule has 0 radical (unpaired) electrons. The summed E-state index contributed by atoms with van der Waals surface area (Å²) in [4.78, 5) is 4.96. The quantitative estimate of drug-likeness (QED) is 0.121. The number of anilines is 6. The van der Waals surface area contributed by atoms with Crippen molar-refractivity contribution in [1.82, 2.24) is 0 Å². The highest BCUT2D eigenvalue weighted by Gasteiger charge is 2.45. The van der Waals surface area contributed by atoms with Crippen LogP contribution in [0, 0.1) is 0 Å². The van der Waals surface area contributed by atoms with E-state index in [0.29, 0.717) is 12.1 Å². The van der Waals surface area contributed by atoms with Gasteiger partial charge in [0, 0.05) is 34.1 Å². The van der Waals surface area contributed by atoms with Gasteiger partial charge >= 0.3 is 0 Å². The summed E-state index contributed by atoms with van der Waals surface area (Å²) in [7, 11) is 0. The Kier molecular flexibility index (Phi) is 8.74. The van der Waals surface area contributed by atoms with E-state index in [1.807, 2.05) is 0 Å². The zero-order valence-corrected chi connectivity index (χ0v) is 43.5. The Labute approximate surface area is 468 Å². The predicted molar refractivity (Wildman–Crippen MR) is 341 cm³/mol. The van der Waals surface area contributed by atoms with Crippen LogP contribution in [0.5, 0.6) is 0 Å². The fourth-order valence-corrected chi connectivity index (χ4v) is 14.6. The minimum atomic E-state index is -0.165. The Morgan fingerprint density at radius 2 is 0.588 bits per heavy atom. The first-order chi connectivity index (χ1) is 40.5. The summed E-state index contributed by atoms with van der Waals surface area (Å²) in [6.45, 7) is -0.331. The summed E-state index contributed by atoms with van der Waals surface area (Å²) >= 11 is 0. The monoisotopic (exact) mass is 1010 g/mol. The van der Waals surface area contributed by atoms with Crippen LogP contribution in [0.2, 0.25) is 0 Å². The molecule has 0 saturated carbocycles. The summed E-state index contributed by atoms with van der Waals surface area (Å²) in [6.07, 6.45) is 0. The van der Waals surface area contributed by atoms with Crippen molar-refractivity contribution in [3.63, 3.8) is 0 Å². The highest BCUT2D eigenvalue weighted by Crippen LogP contribution is 2.50. The molecule has 0 spiro atoms. The minimum absolute atomic E-state index is 0.165. The third-order valence-corrected chi connectivity index (χ3v) is 17.9. The van der Waals surface area contributed by atoms with Crippen molar-refractivity contribution in [2.24, 2.45) is 0 Å². The molecule has 4 heterocycles. The van der Waals surface area contributed by atoms with E-state index in [2.05, 4.69) is 277 Å². The van der Waals surface area contributed by atoms with Crippen LogP contribution in [0.25, 0.3) is 99.1 Å². The van der Waals surface area contributed by atoms with Gasteiger partial charge in [0.15, 0.2) is 0 Å². The van der Waals surface area contributed by atoms with Gasteiger partial charge in [-0.2, -0.15) is 0 Å². The second kappa shape index (κ2) is 16.7. The van der Waals surface area contributed by atoms with Gasteiger partial charge in [-0.3, -0.25) is 0 Å².